The fourth-order valence-electron chi connectivity index (χ4n) is 2.61. The normalized spacial score (nSPS) is 22.2. The summed E-state index contributed by atoms with van der Waals surface area (Å²) in [7, 11) is 0. The highest BCUT2D eigenvalue weighted by Gasteiger charge is 2.41. The Morgan fingerprint density at radius 2 is 2.15 bits per heavy atom. The summed E-state index contributed by atoms with van der Waals surface area (Å²) >= 11 is 5.94. The summed E-state index contributed by atoms with van der Waals surface area (Å²) in [6.45, 7) is 2.47. The molecule has 4 nitrogen and oxygen atoms in total. The molecule has 1 atom stereocenters. The van der Waals surface area contributed by atoms with E-state index in [9.17, 15) is 9.59 Å². The van der Waals surface area contributed by atoms with E-state index < -0.39 is 0 Å². The number of aryl methyl sites for hydroxylation is 1. The average molecular weight is 293 g/mol. The predicted molar refractivity (Wildman–Crippen MR) is 77.7 cm³/mol. The summed E-state index contributed by atoms with van der Waals surface area (Å²) in [5.74, 6) is -0.233. The lowest BCUT2D eigenvalue weighted by molar-refractivity contribution is -0.128. The zero-order valence-corrected chi connectivity index (χ0v) is 12.1. The van der Waals surface area contributed by atoms with Crippen molar-refractivity contribution in [1.82, 2.24) is 4.90 Å². The summed E-state index contributed by atoms with van der Waals surface area (Å²) in [6.07, 6.45) is 2.48. The molecule has 2 fully saturated rings. The maximum absolute atomic E-state index is 12.3. The molecule has 0 aromatic heterocycles. The molecule has 1 N–H and O–H groups in total. The van der Waals surface area contributed by atoms with E-state index in [0.717, 1.165) is 24.1 Å². The van der Waals surface area contributed by atoms with E-state index in [2.05, 4.69) is 5.32 Å². The number of hydrogen-bond acceptors (Lipinski definition) is 2. The van der Waals surface area contributed by atoms with Crippen molar-refractivity contribution in [3.63, 3.8) is 0 Å². The third-order valence-electron chi connectivity index (χ3n) is 3.97. The highest BCUT2D eigenvalue weighted by atomic mass is 35.5. The van der Waals surface area contributed by atoms with Crippen LogP contribution in [0.1, 0.15) is 24.8 Å². The maximum Gasteiger partial charge on any atom is 0.229 e. The summed E-state index contributed by atoms with van der Waals surface area (Å²) in [5, 5.41) is 3.48. The molecule has 1 aromatic carbocycles. The van der Waals surface area contributed by atoms with Crippen LogP contribution in [0.3, 0.4) is 0 Å². The Hall–Kier alpha value is -1.55. The highest BCUT2D eigenvalue weighted by molar-refractivity contribution is 6.31. The van der Waals surface area contributed by atoms with Crippen LogP contribution in [0.5, 0.6) is 0 Å². The molecule has 1 heterocycles. The molecule has 5 heteroatoms. The Bertz CT molecular complexity index is 569. The third-order valence-corrected chi connectivity index (χ3v) is 4.21. The van der Waals surface area contributed by atoms with Crippen molar-refractivity contribution in [1.29, 1.82) is 0 Å². The molecule has 1 saturated heterocycles. The average Bonchev–Trinajstić information content (AvgIpc) is 3.17. The topological polar surface area (TPSA) is 49.4 Å². The number of rotatable bonds is 3. The van der Waals surface area contributed by atoms with Gasteiger partial charge in [0.05, 0.1) is 5.92 Å². The van der Waals surface area contributed by atoms with E-state index in [1.54, 1.807) is 12.1 Å². The molecule has 1 aromatic rings. The van der Waals surface area contributed by atoms with Crippen molar-refractivity contribution < 1.29 is 9.59 Å². The number of carbonyl (C=O) groups excluding carboxylic acids is 2. The molecule has 20 heavy (non-hydrogen) atoms. The molecule has 0 spiro atoms. The monoisotopic (exact) mass is 292 g/mol. The van der Waals surface area contributed by atoms with Crippen LogP contribution in [0, 0.1) is 12.8 Å². The lowest BCUT2D eigenvalue weighted by atomic mass is 10.1. The van der Waals surface area contributed by atoms with Gasteiger partial charge in [0, 0.05) is 29.7 Å². The maximum atomic E-state index is 12.3. The fourth-order valence-corrected chi connectivity index (χ4v) is 2.78. The zero-order valence-electron chi connectivity index (χ0n) is 11.4. The van der Waals surface area contributed by atoms with Crippen LogP contribution in [-0.4, -0.2) is 29.3 Å². The van der Waals surface area contributed by atoms with E-state index in [-0.39, 0.29) is 17.7 Å². The zero-order chi connectivity index (χ0) is 14.3. The summed E-state index contributed by atoms with van der Waals surface area (Å²) in [5.41, 5.74) is 1.69. The van der Waals surface area contributed by atoms with Gasteiger partial charge in [-0.1, -0.05) is 17.7 Å². The van der Waals surface area contributed by atoms with Gasteiger partial charge in [-0.3, -0.25) is 9.59 Å². The Labute approximate surface area is 123 Å². The molecular formula is C15H17ClN2O2. The lowest BCUT2D eigenvalue weighted by Crippen LogP contribution is -2.30. The number of nitrogens with one attached hydrogen (secondary N) is 1. The molecule has 1 saturated carbocycles. The number of hydrogen-bond donors (Lipinski definition) is 1. The van der Waals surface area contributed by atoms with Crippen molar-refractivity contribution in [2.45, 2.75) is 32.2 Å². The summed E-state index contributed by atoms with van der Waals surface area (Å²) in [6, 6.07) is 5.78. The quantitative estimate of drug-likeness (QED) is 0.931. The molecule has 1 aliphatic carbocycles. The van der Waals surface area contributed by atoms with Crippen molar-refractivity contribution >= 4 is 29.1 Å². The number of nitrogens with zero attached hydrogens (tertiary/aromatic N) is 1. The highest BCUT2D eigenvalue weighted by Crippen LogP contribution is 2.33. The Morgan fingerprint density at radius 1 is 1.40 bits per heavy atom. The van der Waals surface area contributed by atoms with Gasteiger partial charge in [-0.15, -0.1) is 0 Å². The smallest absolute Gasteiger partial charge is 0.229 e. The molecule has 2 amide bonds. The lowest BCUT2D eigenvalue weighted by Gasteiger charge is -2.16. The Morgan fingerprint density at radius 3 is 2.85 bits per heavy atom. The minimum Gasteiger partial charge on any atom is -0.339 e. The van der Waals surface area contributed by atoms with Crippen LogP contribution in [0.4, 0.5) is 5.69 Å². The standard InChI is InChI=1S/C15H17ClN2O2/c1-9-2-3-11(16)7-13(9)17-15(20)10-6-14(19)18(8-10)12-4-5-12/h2-3,7,10,12H,4-6,8H2,1H3,(H,17,20). The van der Waals surface area contributed by atoms with Gasteiger partial charge in [-0.2, -0.15) is 0 Å². The number of benzene rings is 1. The Kier molecular flexibility index (Phi) is 3.42. The first-order valence-electron chi connectivity index (χ1n) is 6.91. The molecule has 3 rings (SSSR count). The van der Waals surface area contributed by atoms with Gasteiger partial charge in [-0.05, 0) is 37.5 Å². The van der Waals surface area contributed by atoms with Crippen LogP contribution in [-0.2, 0) is 9.59 Å². The molecular weight excluding hydrogens is 276 g/mol. The van der Waals surface area contributed by atoms with Gasteiger partial charge in [0.15, 0.2) is 0 Å². The molecule has 1 aliphatic heterocycles. The molecule has 1 unspecified atom stereocenters. The van der Waals surface area contributed by atoms with Gasteiger partial charge in [-0.25, -0.2) is 0 Å². The van der Waals surface area contributed by atoms with Crippen molar-refractivity contribution in [2.75, 3.05) is 11.9 Å². The number of likely N-dealkylation sites (tertiary alicyclic amines) is 1. The second-order valence-electron chi connectivity index (χ2n) is 5.63. The second-order valence-corrected chi connectivity index (χ2v) is 6.06. The van der Waals surface area contributed by atoms with Gasteiger partial charge in [0.1, 0.15) is 0 Å². The van der Waals surface area contributed by atoms with Crippen LogP contribution in [0.25, 0.3) is 0 Å². The summed E-state index contributed by atoms with van der Waals surface area (Å²) < 4.78 is 0. The van der Waals surface area contributed by atoms with Crippen molar-refractivity contribution in [3.05, 3.63) is 28.8 Å². The second kappa shape index (κ2) is 5.09. The van der Waals surface area contributed by atoms with Gasteiger partial charge in [0.2, 0.25) is 11.8 Å². The number of carbonyl (C=O) groups is 2. The van der Waals surface area contributed by atoms with Crippen LogP contribution >= 0.6 is 11.6 Å². The molecule has 0 radical (unpaired) electrons. The molecule has 106 valence electrons. The van der Waals surface area contributed by atoms with Crippen molar-refractivity contribution in [2.24, 2.45) is 5.92 Å². The SMILES string of the molecule is Cc1ccc(Cl)cc1NC(=O)C1CC(=O)N(C2CC2)C1. The largest absolute Gasteiger partial charge is 0.339 e. The number of halogens is 1. The first-order valence-corrected chi connectivity index (χ1v) is 7.29. The van der Waals surface area contributed by atoms with E-state index >= 15 is 0 Å². The predicted octanol–water partition coefficient (Wildman–Crippen LogP) is 2.60. The molecule has 0 bridgehead atoms. The minimum atomic E-state index is -0.249. The fraction of sp³-hybridized carbons (Fsp3) is 0.467. The van der Waals surface area contributed by atoms with Crippen LogP contribution in [0.15, 0.2) is 18.2 Å². The van der Waals surface area contributed by atoms with Crippen LogP contribution in [0.2, 0.25) is 5.02 Å². The van der Waals surface area contributed by atoms with Crippen molar-refractivity contribution in [3.8, 4) is 0 Å². The van der Waals surface area contributed by atoms with E-state index in [1.807, 2.05) is 17.9 Å². The van der Waals surface area contributed by atoms with Crippen LogP contribution < -0.4 is 5.32 Å². The Balaban J connectivity index is 1.67. The minimum absolute atomic E-state index is 0.0909. The van der Waals surface area contributed by atoms with E-state index in [0.29, 0.717) is 24.0 Å². The van der Waals surface area contributed by atoms with E-state index in [4.69, 9.17) is 11.6 Å². The molecule has 2 aliphatic rings. The van der Waals surface area contributed by atoms with Gasteiger partial charge in [0.25, 0.3) is 0 Å². The third kappa shape index (κ3) is 2.66. The summed E-state index contributed by atoms with van der Waals surface area (Å²) in [4.78, 5) is 26.0. The number of amides is 2. The van der Waals surface area contributed by atoms with Gasteiger partial charge < -0.3 is 10.2 Å². The first-order chi connectivity index (χ1) is 9.54. The van der Waals surface area contributed by atoms with Gasteiger partial charge >= 0.3 is 0 Å². The first kappa shape index (κ1) is 13.4. The number of anilines is 1. The van der Waals surface area contributed by atoms with E-state index in [1.165, 1.54) is 0 Å².